The van der Waals surface area contributed by atoms with Gasteiger partial charge in [-0.2, -0.15) is 12.6 Å². The molecule has 0 aliphatic rings. The van der Waals surface area contributed by atoms with E-state index in [0.717, 1.165) is 6.16 Å². The largest absolute Gasteiger partial charge is 0.152 e. The van der Waals surface area contributed by atoms with Crippen molar-refractivity contribution in [2.24, 2.45) is 0 Å². The van der Waals surface area contributed by atoms with Gasteiger partial charge in [0.2, 0.25) is 0 Å². The maximum Gasteiger partial charge on any atom is -0.0192 e. The zero-order chi connectivity index (χ0) is 4.12. The molecule has 5 heavy (non-hydrogen) atoms. The molecule has 30 valence electrons. The fourth-order valence-electron chi connectivity index (χ4n) is 0.0609. The summed E-state index contributed by atoms with van der Waals surface area (Å²) in [5.41, 5.74) is 0. The Bertz CT molecular complexity index is 33.9. The number of rotatable bonds is 1. The van der Waals surface area contributed by atoms with Crippen LogP contribution in [0.2, 0.25) is 0 Å². The van der Waals surface area contributed by atoms with Gasteiger partial charge in [0, 0.05) is 0 Å². The summed E-state index contributed by atoms with van der Waals surface area (Å²) >= 11 is 3.81. The van der Waals surface area contributed by atoms with Crippen LogP contribution >= 0.6 is 21.9 Å². The first-order valence-corrected chi connectivity index (χ1v) is 2.74. The lowest BCUT2D eigenvalue weighted by molar-refractivity contribution is 1.82. The van der Waals surface area contributed by atoms with Gasteiger partial charge in [0.1, 0.15) is 0 Å². The molecule has 0 heterocycles. The lowest BCUT2D eigenvalue weighted by Gasteiger charge is -1.64. The molecular formula is C3H7PS. The molecule has 0 saturated heterocycles. The van der Waals surface area contributed by atoms with Gasteiger partial charge in [-0.25, -0.2) is 0 Å². The van der Waals surface area contributed by atoms with E-state index in [0.29, 0.717) is 0 Å². The summed E-state index contributed by atoms with van der Waals surface area (Å²) < 4.78 is 0. The predicted molar refractivity (Wildman–Crippen MR) is 32.7 cm³/mol. The maximum absolute atomic E-state index is 3.81. The Balaban J connectivity index is 2.62. The van der Waals surface area contributed by atoms with Crippen LogP contribution in [0.4, 0.5) is 0 Å². The van der Waals surface area contributed by atoms with E-state index in [1.54, 1.807) is 5.41 Å². The molecule has 0 nitrogen and oxygen atoms in total. The van der Waals surface area contributed by atoms with Gasteiger partial charge in [-0.3, -0.25) is 0 Å². The highest BCUT2D eigenvalue weighted by molar-refractivity contribution is 7.83. The SMILES string of the molecule is PCC=CS. The molecule has 1 atom stereocenters. The second kappa shape index (κ2) is 4.52. The van der Waals surface area contributed by atoms with Crippen molar-refractivity contribution in [1.29, 1.82) is 0 Å². The van der Waals surface area contributed by atoms with Crippen molar-refractivity contribution in [3.63, 3.8) is 0 Å². The molecule has 0 aromatic rings. The molecule has 0 N–H and O–H groups in total. The first-order valence-electron chi connectivity index (χ1n) is 1.41. The van der Waals surface area contributed by atoms with E-state index in [1.807, 2.05) is 6.08 Å². The molecular weight excluding hydrogens is 99.1 g/mol. The van der Waals surface area contributed by atoms with Crippen LogP contribution in [-0.2, 0) is 0 Å². The molecule has 0 rings (SSSR count). The van der Waals surface area contributed by atoms with Crippen LogP contribution in [0.1, 0.15) is 0 Å². The van der Waals surface area contributed by atoms with Gasteiger partial charge >= 0.3 is 0 Å². The molecule has 0 saturated carbocycles. The summed E-state index contributed by atoms with van der Waals surface area (Å²) in [4.78, 5) is 0. The normalized spacial score (nSPS) is 10.0. The monoisotopic (exact) mass is 106 g/mol. The summed E-state index contributed by atoms with van der Waals surface area (Å²) in [6.07, 6.45) is 2.96. The van der Waals surface area contributed by atoms with E-state index in [4.69, 9.17) is 0 Å². The zero-order valence-corrected chi connectivity index (χ0v) is 4.94. The van der Waals surface area contributed by atoms with E-state index >= 15 is 0 Å². The second-order valence-corrected chi connectivity index (χ2v) is 1.39. The van der Waals surface area contributed by atoms with E-state index < -0.39 is 0 Å². The quantitative estimate of drug-likeness (QED) is 0.378. The van der Waals surface area contributed by atoms with Crippen LogP contribution in [-0.4, -0.2) is 6.16 Å². The van der Waals surface area contributed by atoms with Gasteiger partial charge in [0.05, 0.1) is 0 Å². The lowest BCUT2D eigenvalue weighted by Crippen LogP contribution is -1.47. The zero-order valence-electron chi connectivity index (χ0n) is 2.89. The van der Waals surface area contributed by atoms with Crippen LogP contribution < -0.4 is 0 Å². The molecule has 0 spiro atoms. The minimum absolute atomic E-state index is 1.00. The van der Waals surface area contributed by atoms with Crippen molar-refractivity contribution in [3.05, 3.63) is 11.5 Å². The second-order valence-electron chi connectivity index (χ2n) is 0.620. The van der Waals surface area contributed by atoms with Crippen LogP contribution in [0, 0.1) is 0 Å². The van der Waals surface area contributed by atoms with Gasteiger partial charge < -0.3 is 0 Å². The average molecular weight is 106 g/mol. The smallest absolute Gasteiger partial charge is 0.0192 e. The molecule has 2 heteroatoms. The highest BCUT2D eigenvalue weighted by Gasteiger charge is 1.52. The summed E-state index contributed by atoms with van der Waals surface area (Å²) in [5.74, 6) is 0. The molecule has 0 aromatic heterocycles. The first kappa shape index (κ1) is 5.52. The number of hydrogen-bond donors (Lipinski definition) is 1. The molecule has 0 radical (unpaired) electrons. The van der Waals surface area contributed by atoms with E-state index in [2.05, 4.69) is 21.9 Å². The van der Waals surface area contributed by atoms with Crippen molar-refractivity contribution in [2.75, 3.05) is 6.16 Å². The highest BCUT2D eigenvalue weighted by atomic mass is 32.1. The predicted octanol–water partition coefficient (Wildman–Crippen LogP) is 1.30. The van der Waals surface area contributed by atoms with Crippen LogP contribution in [0.3, 0.4) is 0 Å². The topological polar surface area (TPSA) is 0 Å². The molecule has 0 amide bonds. The number of thiol groups is 1. The Labute approximate surface area is 40.3 Å². The minimum Gasteiger partial charge on any atom is -0.152 e. The Morgan fingerprint density at radius 1 is 1.80 bits per heavy atom. The number of hydrogen-bond acceptors (Lipinski definition) is 1. The van der Waals surface area contributed by atoms with E-state index in [1.165, 1.54) is 0 Å². The van der Waals surface area contributed by atoms with Gasteiger partial charge in [-0.1, -0.05) is 6.08 Å². The van der Waals surface area contributed by atoms with E-state index in [-0.39, 0.29) is 0 Å². The Hall–Kier alpha value is 0.520. The summed E-state index contributed by atoms with van der Waals surface area (Å²) in [6.45, 7) is 0. The maximum atomic E-state index is 3.81. The molecule has 0 aliphatic carbocycles. The van der Waals surface area contributed by atoms with Crippen LogP contribution in [0.5, 0.6) is 0 Å². The van der Waals surface area contributed by atoms with Crippen molar-refractivity contribution in [3.8, 4) is 0 Å². The third-order valence-corrected chi connectivity index (χ3v) is 0.724. The van der Waals surface area contributed by atoms with Gasteiger partial charge in [-0.15, -0.1) is 9.24 Å². The highest BCUT2D eigenvalue weighted by Crippen LogP contribution is 1.82. The number of allylic oxidation sites excluding steroid dienone is 1. The van der Waals surface area contributed by atoms with Gasteiger partial charge in [0.15, 0.2) is 0 Å². The van der Waals surface area contributed by atoms with Gasteiger partial charge in [-0.05, 0) is 11.6 Å². The summed E-state index contributed by atoms with van der Waals surface area (Å²) in [7, 11) is 2.56. The first-order chi connectivity index (χ1) is 2.41. The fourth-order valence-corrected chi connectivity index (χ4v) is 0.548. The minimum atomic E-state index is 1.00. The third kappa shape index (κ3) is 4.52. The lowest BCUT2D eigenvalue weighted by atomic mass is 10.8. The summed E-state index contributed by atoms with van der Waals surface area (Å²) in [5, 5.41) is 1.73. The molecule has 1 unspecified atom stereocenters. The van der Waals surface area contributed by atoms with Crippen molar-refractivity contribution in [1.82, 2.24) is 0 Å². The van der Waals surface area contributed by atoms with Crippen molar-refractivity contribution in [2.45, 2.75) is 0 Å². The Kier molecular flexibility index (Phi) is 4.99. The average Bonchev–Trinajstić information content (AvgIpc) is 1.41. The Morgan fingerprint density at radius 3 is 2.40 bits per heavy atom. The molecule has 0 aliphatic heterocycles. The standard InChI is InChI=1S/C3H7PS/c4-2-1-3-5/h1,3,5H,2,4H2. The molecule has 0 bridgehead atoms. The third-order valence-electron chi connectivity index (χ3n) is 0.241. The van der Waals surface area contributed by atoms with Crippen molar-refractivity contribution < 1.29 is 0 Å². The molecule has 0 fully saturated rings. The van der Waals surface area contributed by atoms with Crippen LogP contribution in [0.25, 0.3) is 0 Å². The van der Waals surface area contributed by atoms with Crippen LogP contribution in [0.15, 0.2) is 11.5 Å². The summed E-state index contributed by atoms with van der Waals surface area (Å²) in [6, 6.07) is 0. The molecule has 0 aromatic carbocycles. The van der Waals surface area contributed by atoms with Crippen molar-refractivity contribution >= 4 is 21.9 Å². The van der Waals surface area contributed by atoms with E-state index in [9.17, 15) is 0 Å². The Morgan fingerprint density at radius 2 is 2.40 bits per heavy atom. The van der Waals surface area contributed by atoms with Gasteiger partial charge in [0.25, 0.3) is 0 Å². The fraction of sp³-hybridized carbons (Fsp3) is 0.333.